The molecule has 0 amide bonds. The number of carbonyl (C=O) groups is 1. The van der Waals surface area contributed by atoms with Gasteiger partial charge in [-0.25, -0.2) is 4.68 Å². The van der Waals surface area contributed by atoms with Crippen molar-refractivity contribution in [2.75, 3.05) is 6.54 Å². The minimum atomic E-state index is -0.773. The molecule has 0 atom stereocenters. The summed E-state index contributed by atoms with van der Waals surface area (Å²) in [5.74, 6) is 0.281. The molecule has 1 aromatic rings. The summed E-state index contributed by atoms with van der Waals surface area (Å²) in [5.41, 5.74) is 5.01. The molecule has 3 N–H and O–H groups in total. The van der Waals surface area contributed by atoms with Crippen LogP contribution in [0.1, 0.15) is 37.9 Å². The molecule has 1 aromatic heterocycles. The number of hydrogen-bond donors (Lipinski definition) is 2. The summed E-state index contributed by atoms with van der Waals surface area (Å²) in [7, 11) is 0. The maximum absolute atomic E-state index is 9.70. The lowest BCUT2D eigenvalue weighted by molar-refractivity contribution is -0.137. The van der Waals surface area contributed by atoms with Crippen LogP contribution >= 0.6 is 0 Å². The first kappa shape index (κ1) is 13.6. The van der Waals surface area contributed by atoms with Crippen molar-refractivity contribution in [2.24, 2.45) is 5.73 Å². The fraction of sp³-hybridized carbons (Fsp3) is 0.800. The minimum absolute atomic E-state index is 0.191. The molecule has 96 valence electrons. The van der Waals surface area contributed by atoms with Crippen molar-refractivity contribution in [3.8, 4) is 0 Å². The van der Waals surface area contributed by atoms with Gasteiger partial charge >= 0.3 is 5.97 Å². The summed E-state index contributed by atoms with van der Waals surface area (Å²) in [6.07, 6.45) is 5.57. The average Bonchev–Trinajstić information content (AvgIpc) is 2.64. The quantitative estimate of drug-likeness (QED) is 0.783. The molecule has 0 radical (unpaired) electrons. The zero-order valence-electron chi connectivity index (χ0n) is 9.88. The van der Waals surface area contributed by atoms with Crippen LogP contribution in [-0.4, -0.2) is 37.8 Å². The number of carboxylic acid groups (broad SMARTS) is 1. The third kappa shape index (κ3) is 5.39. The van der Waals surface area contributed by atoms with Gasteiger partial charge in [-0.2, -0.15) is 0 Å². The van der Waals surface area contributed by atoms with Crippen molar-refractivity contribution in [1.82, 2.24) is 20.2 Å². The van der Waals surface area contributed by atoms with Gasteiger partial charge in [0, 0.05) is 19.4 Å². The fourth-order valence-electron chi connectivity index (χ4n) is 1.55. The Hall–Kier alpha value is -1.50. The number of fused-ring (bicyclic) bond motifs is 1. The second-order valence-electron chi connectivity index (χ2n) is 3.91. The van der Waals surface area contributed by atoms with Crippen LogP contribution in [0.2, 0.25) is 0 Å². The fourth-order valence-corrected chi connectivity index (χ4v) is 1.55. The summed E-state index contributed by atoms with van der Waals surface area (Å²) >= 11 is 0. The molecule has 0 saturated heterocycles. The Balaban J connectivity index is 0.000000185. The van der Waals surface area contributed by atoms with Gasteiger partial charge in [-0.3, -0.25) is 4.79 Å². The van der Waals surface area contributed by atoms with Gasteiger partial charge in [0.15, 0.2) is 5.82 Å². The minimum Gasteiger partial charge on any atom is -0.481 e. The van der Waals surface area contributed by atoms with Gasteiger partial charge in [0.1, 0.15) is 0 Å². The van der Waals surface area contributed by atoms with Crippen molar-refractivity contribution in [1.29, 1.82) is 0 Å². The topological polar surface area (TPSA) is 107 Å². The van der Waals surface area contributed by atoms with E-state index in [1.165, 1.54) is 19.3 Å². The van der Waals surface area contributed by atoms with Gasteiger partial charge in [-0.1, -0.05) is 6.42 Å². The van der Waals surface area contributed by atoms with Crippen molar-refractivity contribution in [2.45, 2.75) is 45.1 Å². The molecule has 0 fully saturated rings. The molecule has 0 unspecified atom stereocenters. The average molecular weight is 241 g/mol. The molecule has 0 aromatic carbocycles. The summed E-state index contributed by atoms with van der Waals surface area (Å²) in [4.78, 5) is 9.70. The Morgan fingerprint density at radius 2 is 2.24 bits per heavy atom. The molecule has 2 heterocycles. The Morgan fingerprint density at radius 3 is 2.88 bits per heavy atom. The Bertz CT molecular complexity index is 319. The monoisotopic (exact) mass is 241 g/mol. The normalized spacial score (nSPS) is 14.2. The van der Waals surface area contributed by atoms with E-state index < -0.39 is 5.97 Å². The van der Waals surface area contributed by atoms with Crippen LogP contribution in [0, 0.1) is 0 Å². The van der Waals surface area contributed by atoms with Gasteiger partial charge in [-0.15, -0.1) is 5.10 Å². The standard InChI is InChI=1S/C6H10N4.C4H9NO2/c1-2-4-6-7-8-9-10(6)5-3-1;5-3-1-2-4(6)7/h1-5H2;1-3,5H2,(H,6,7). The Morgan fingerprint density at radius 1 is 1.41 bits per heavy atom. The molecule has 0 bridgehead atoms. The molecular formula is C10H19N5O2. The van der Waals surface area contributed by atoms with Crippen molar-refractivity contribution in [3.63, 3.8) is 0 Å². The molecule has 1 aliphatic heterocycles. The number of hydrogen-bond acceptors (Lipinski definition) is 5. The molecule has 2 rings (SSSR count). The number of tetrazole rings is 1. The number of aliphatic carboxylic acids is 1. The molecule has 7 heteroatoms. The third-order valence-electron chi connectivity index (χ3n) is 2.47. The van der Waals surface area contributed by atoms with Crippen LogP contribution < -0.4 is 5.73 Å². The highest BCUT2D eigenvalue weighted by Crippen LogP contribution is 2.09. The highest BCUT2D eigenvalue weighted by atomic mass is 16.4. The van der Waals surface area contributed by atoms with E-state index in [1.54, 1.807) is 0 Å². The third-order valence-corrected chi connectivity index (χ3v) is 2.47. The Kier molecular flexibility index (Phi) is 6.16. The second kappa shape index (κ2) is 7.72. The highest BCUT2D eigenvalue weighted by Gasteiger charge is 2.08. The SMILES string of the molecule is C1CCc2nnnn2CC1.NCCCC(=O)O. The Labute approximate surface area is 100.0 Å². The zero-order valence-corrected chi connectivity index (χ0v) is 9.88. The molecule has 0 aliphatic carbocycles. The summed E-state index contributed by atoms with van der Waals surface area (Å²) < 4.78 is 1.91. The predicted molar refractivity (Wildman–Crippen MR) is 61.3 cm³/mol. The van der Waals surface area contributed by atoms with Crippen LogP contribution in [0.25, 0.3) is 0 Å². The number of carboxylic acids is 1. The van der Waals surface area contributed by atoms with Gasteiger partial charge in [0.05, 0.1) is 0 Å². The van der Waals surface area contributed by atoms with E-state index in [-0.39, 0.29) is 6.42 Å². The number of nitrogens with zero attached hydrogens (tertiary/aromatic N) is 4. The lowest BCUT2D eigenvalue weighted by Gasteiger charge is -1.94. The van der Waals surface area contributed by atoms with Crippen molar-refractivity contribution in [3.05, 3.63) is 5.82 Å². The van der Waals surface area contributed by atoms with Crippen LogP contribution in [0.5, 0.6) is 0 Å². The maximum Gasteiger partial charge on any atom is 0.303 e. The molecule has 0 spiro atoms. The molecule has 17 heavy (non-hydrogen) atoms. The van der Waals surface area contributed by atoms with E-state index in [2.05, 4.69) is 15.5 Å². The molecule has 1 aliphatic rings. The van der Waals surface area contributed by atoms with Gasteiger partial charge in [0.2, 0.25) is 0 Å². The number of aryl methyl sites for hydroxylation is 2. The van der Waals surface area contributed by atoms with Gasteiger partial charge < -0.3 is 10.8 Å². The van der Waals surface area contributed by atoms with E-state index in [0.717, 1.165) is 18.8 Å². The second-order valence-corrected chi connectivity index (χ2v) is 3.91. The van der Waals surface area contributed by atoms with Crippen LogP contribution in [0.4, 0.5) is 0 Å². The van der Waals surface area contributed by atoms with E-state index in [1.807, 2.05) is 4.68 Å². The summed E-state index contributed by atoms with van der Waals surface area (Å²) in [6.45, 7) is 1.47. The van der Waals surface area contributed by atoms with E-state index in [0.29, 0.717) is 13.0 Å². The van der Waals surface area contributed by atoms with Crippen molar-refractivity contribution >= 4 is 5.97 Å². The van der Waals surface area contributed by atoms with E-state index in [9.17, 15) is 4.79 Å². The molecule has 7 nitrogen and oxygen atoms in total. The first-order valence-corrected chi connectivity index (χ1v) is 5.91. The van der Waals surface area contributed by atoms with E-state index in [4.69, 9.17) is 10.8 Å². The first-order valence-electron chi connectivity index (χ1n) is 5.91. The van der Waals surface area contributed by atoms with Crippen LogP contribution in [-0.2, 0) is 17.8 Å². The van der Waals surface area contributed by atoms with Crippen LogP contribution in [0.15, 0.2) is 0 Å². The predicted octanol–water partition coefficient (Wildman–Crippen LogP) is 0.209. The highest BCUT2D eigenvalue weighted by molar-refractivity contribution is 5.66. The lowest BCUT2D eigenvalue weighted by atomic mass is 10.2. The number of aromatic nitrogens is 4. The van der Waals surface area contributed by atoms with Gasteiger partial charge in [-0.05, 0) is 36.2 Å². The summed E-state index contributed by atoms with van der Waals surface area (Å²) in [6, 6.07) is 0. The molecular weight excluding hydrogens is 222 g/mol. The van der Waals surface area contributed by atoms with Gasteiger partial charge in [0.25, 0.3) is 0 Å². The first-order chi connectivity index (χ1) is 8.24. The summed E-state index contributed by atoms with van der Waals surface area (Å²) in [5, 5.41) is 19.4. The number of nitrogens with two attached hydrogens (primary N) is 1. The molecule has 0 saturated carbocycles. The number of rotatable bonds is 3. The smallest absolute Gasteiger partial charge is 0.303 e. The van der Waals surface area contributed by atoms with Crippen molar-refractivity contribution < 1.29 is 9.90 Å². The van der Waals surface area contributed by atoms with Crippen LogP contribution in [0.3, 0.4) is 0 Å². The maximum atomic E-state index is 9.70. The van der Waals surface area contributed by atoms with E-state index >= 15 is 0 Å². The lowest BCUT2D eigenvalue weighted by Crippen LogP contribution is -2.02. The largest absolute Gasteiger partial charge is 0.481 e. The zero-order chi connectivity index (χ0) is 12.5.